The third-order valence-corrected chi connectivity index (χ3v) is 16.9. The number of anilines is 3. The molecule has 0 fully saturated rings. The van der Waals surface area contributed by atoms with Gasteiger partial charge in [0.05, 0.1) is 0 Å². The monoisotopic (exact) mass is 963 g/mol. The number of benzene rings is 12. The Hall–Kier alpha value is -8.86. The van der Waals surface area contributed by atoms with Gasteiger partial charge >= 0.3 is 0 Å². The molecule has 0 N–H and O–H groups in total. The molecule has 0 saturated heterocycles. The molecule has 342 valence electrons. The van der Waals surface area contributed by atoms with E-state index in [1.54, 1.807) is 0 Å². The third-order valence-electron chi connectivity index (χ3n) is 14.5. The Morgan fingerprint density at radius 1 is 0.205 bits per heavy atom. The minimum absolute atomic E-state index is 1.09. The smallest absolute Gasteiger partial charge is 0.0462 e. The lowest BCUT2D eigenvalue weighted by molar-refractivity contribution is 1.28. The number of nitrogens with zero attached hydrogens (tertiary/aromatic N) is 1. The summed E-state index contributed by atoms with van der Waals surface area (Å²) in [6, 6.07) is 100. The number of rotatable bonds is 9. The van der Waals surface area contributed by atoms with Gasteiger partial charge in [0.2, 0.25) is 0 Å². The van der Waals surface area contributed by atoms with Crippen LogP contribution in [0, 0.1) is 0 Å². The highest BCUT2D eigenvalue weighted by Gasteiger charge is 2.18. The maximum absolute atomic E-state index is 2.39. The second-order valence-electron chi connectivity index (χ2n) is 18.8. The quantitative estimate of drug-likeness (QED) is 0.139. The topological polar surface area (TPSA) is 3.24 Å². The van der Waals surface area contributed by atoms with Crippen LogP contribution in [0.4, 0.5) is 17.1 Å². The van der Waals surface area contributed by atoms with E-state index in [1.165, 1.54) is 118 Å². The van der Waals surface area contributed by atoms with Crippen molar-refractivity contribution in [1.29, 1.82) is 0 Å². The van der Waals surface area contributed by atoms with E-state index in [0.717, 1.165) is 17.1 Å². The molecule has 0 bridgehead atoms. The molecular weight excluding hydrogens is 919 g/mol. The molecule has 73 heavy (non-hydrogen) atoms. The molecule has 0 aliphatic rings. The summed E-state index contributed by atoms with van der Waals surface area (Å²) in [5.41, 5.74) is 17.9. The van der Waals surface area contributed by atoms with E-state index in [4.69, 9.17) is 0 Å². The first kappa shape index (κ1) is 43.0. The van der Waals surface area contributed by atoms with Gasteiger partial charge in [-0.05, 0) is 144 Å². The van der Waals surface area contributed by atoms with Crippen molar-refractivity contribution in [1.82, 2.24) is 0 Å². The van der Waals surface area contributed by atoms with E-state index in [-0.39, 0.29) is 0 Å². The van der Waals surface area contributed by atoms with Crippen LogP contribution in [-0.2, 0) is 0 Å². The number of hydrogen-bond acceptors (Lipinski definition) is 3. The predicted octanol–water partition coefficient (Wildman–Crippen LogP) is 21.0. The minimum atomic E-state index is 1.09. The van der Waals surface area contributed by atoms with Crippen molar-refractivity contribution in [2.24, 2.45) is 0 Å². The van der Waals surface area contributed by atoms with Crippen LogP contribution in [0.2, 0.25) is 0 Å². The zero-order valence-electron chi connectivity index (χ0n) is 39.7. The minimum Gasteiger partial charge on any atom is -0.311 e. The average Bonchev–Trinajstić information content (AvgIpc) is 4.05. The van der Waals surface area contributed by atoms with Crippen molar-refractivity contribution >= 4 is 90.9 Å². The highest BCUT2D eigenvalue weighted by molar-refractivity contribution is 7.26. The lowest BCUT2D eigenvalue weighted by Crippen LogP contribution is -2.09. The van der Waals surface area contributed by atoms with Crippen molar-refractivity contribution in [3.05, 3.63) is 273 Å². The fourth-order valence-corrected chi connectivity index (χ4v) is 13.4. The van der Waals surface area contributed by atoms with Crippen molar-refractivity contribution in [3.63, 3.8) is 0 Å². The Morgan fingerprint density at radius 3 is 0.986 bits per heavy atom. The van der Waals surface area contributed by atoms with Crippen LogP contribution in [0.1, 0.15) is 0 Å². The van der Waals surface area contributed by atoms with Gasteiger partial charge in [-0.15, -0.1) is 22.7 Å². The first-order chi connectivity index (χ1) is 36.2. The zero-order chi connectivity index (χ0) is 48.2. The van der Waals surface area contributed by atoms with Gasteiger partial charge in [0.15, 0.2) is 0 Å². The molecule has 0 atom stereocenters. The van der Waals surface area contributed by atoms with E-state index < -0.39 is 0 Å². The molecule has 0 radical (unpaired) electrons. The predicted molar refractivity (Wildman–Crippen MR) is 317 cm³/mol. The molecule has 2 heterocycles. The van der Waals surface area contributed by atoms with Crippen molar-refractivity contribution in [2.45, 2.75) is 0 Å². The molecule has 0 spiro atoms. The highest BCUT2D eigenvalue weighted by atomic mass is 32.1. The maximum atomic E-state index is 2.39. The largest absolute Gasteiger partial charge is 0.311 e. The summed E-state index contributed by atoms with van der Waals surface area (Å²) in [5, 5.41) is 7.71. The molecule has 0 aliphatic heterocycles. The molecule has 1 nitrogen and oxygen atoms in total. The fourth-order valence-electron chi connectivity index (χ4n) is 10.9. The van der Waals surface area contributed by atoms with E-state index in [0.29, 0.717) is 0 Å². The van der Waals surface area contributed by atoms with Gasteiger partial charge < -0.3 is 4.90 Å². The summed E-state index contributed by atoms with van der Waals surface area (Å²) in [4.78, 5) is 2.39. The molecule has 0 aliphatic carbocycles. The Kier molecular flexibility index (Phi) is 10.6. The van der Waals surface area contributed by atoms with Crippen LogP contribution >= 0.6 is 22.7 Å². The highest BCUT2D eigenvalue weighted by Crippen LogP contribution is 2.45. The third kappa shape index (κ3) is 7.69. The molecule has 12 aromatic carbocycles. The summed E-state index contributed by atoms with van der Waals surface area (Å²) in [5.74, 6) is 0. The van der Waals surface area contributed by atoms with Crippen LogP contribution in [0.25, 0.3) is 118 Å². The molecule has 0 amide bonds. The standard InChI is InChI=1S/C70H45NS2/c1-3-15-46(16-4-1)51-43-52(47-17-5-2-6-18-47)45-53(44-51)58-42-41-57(61-19-7-8-20-62(58)61)48-29-35-54(36-30-48)71(55-37-31-49(32-38-55)59-23-13-25-65-63-21-9-11-27-67(63)72-69(59)65)56-39-33-50(34-40-56)60-24-14-26-66-64-22-10-12-28-68(64)73-70(60)66/h1-45H. The molecule has 0 unspecified atom stereocenters. The van der Waals surface area contributed by atoms with Crippen LogP contribution in [-0.4, -0.2) is 0 Å². The van der Waals surface area contributed by atoms with Gasteiger partial charge in [-0.25, -0.2) is 0 Å². The summed E-state index contributed by atoms with van der Waals surface area (Å²) in [6.45, 7) is 0. The Balaban J connectivity index is 0.854. The lowest BCUT2D eigenvalue weighted by Gasteiger charge is -2.26. The van der Waals surface area contributed by atoms with Crippen LogP contribution in [0.3, 0.4) is 0 Å². The Morgan fingerprint density at radius 2 is 0.548 bits per heavy atom. The molecule has 0 saturated carbocycles. The van der Waals surface area contributed by atoms with Crippen molar-refractivity contribution in [3.8, 4) is 66.8 Å². The second-order valence-corrected chi connectivity index (χ2v) is 20.9. The first-order valence-corrected chi connectivity index (χ1v) is 26.5. The fraction of sp³-hybridized carbons (Fsp3) is 0. The average molecular weight is 964 g/mol. The van der Waals surface area contributed by atoms with Crippen LogP contribution in [0.15, 0.2) is 273 Å². The van der Waals surface area contributed by atoms with Crippen molar-refractivity contribution in [2.75, 3.05) is 4.90 Å². The SMILES string of the molecule is c1ccc(-c2cc(-c3ccccc3)cc(-c3ccc(-c4ccc(N(c5ccc(-c6cccc7c6sc6ccccc67)cc5)c5ccc(-c6cccc7c6sc6ccccc67)cc5)cc4)c4ccccc34)c2)cc1. The number of hydrogen-bond donors (Lipinski definition) is 0. The van der Waals surface area contributed by atoms with E-state index >= 15 is 0 Å². The molecule has 14 aromatic rings. The van der Waals surface area contributed by atoms with E-state index in [2.05, 4.69) is 278 Å². The number of thiophene rings is 2. The van der Waals surface area contributed by atoms with E-state index in [9.17, 15) is 0 Å². The van der Waals surface area contributed by atoms with Gasteiger partial charge in [-0.2, -0.15) is 0 Å². The zero-order valence-corrected chi connectivity index (χ0v) is 41.4. The summed E-state index contributed by atoms with van der Waals surface area (Å²) >= 11 is 3.75. The van der Waals surface area contributed by atoms with Crippen LogP contribution in [0.5, 0.6) is 0 Å². The molecule has 3 heteroatoms. The second kappa shape index (κ2) is 18.1. The molecule has 14 rings (SSSR count). The van der Waals surface area contributed by atoms with Crippen molar-refractivity contribution < 1.29 is 0 Å². The van der Waals surface area contributed by atoms with Gasteiger partial charge in [-0.3, -0.25) is 0 Å². The van der Waals surface area contributed by atoms with Gasteiger partial charge in [0, 0.05) is 57.4 Å². The Labute approximate surface area is 432 Å². The van der Waals surface area contributed by atoms with E-state index in [1.807, 2.05) is 22.7 Å². The van der Waals surface area contributed by atoms with Gasteiger partial charge in [0.1, 0.15) is 0 Å². The molecular formula is C70H45NS2. The van der Waals surface area contributed by atoms with Gasteiger partial charge in [0.25, 0.3) is 0 Å². The first-order valence-electron chi connectivity index (χ1n) is 24.9. The summed E-state index contributed by atoms with van der Waals surface area (Å²) in [6.07, 6.45) is 0. The normalized spacial score (nSPS) is 11.6. The lowest BCUT2D eigenvalue weighted by atomic mass is 9.89. The Bertz CT molecular complexity index is 4120. The summed E-state index contributed by atoms with van der Waals surface area (Å²) < 4.78 is 5.29. The van der Waals surface area contributed by atoms with Gasteiger partial charge in [-0.1, -0.05) is 206 Å². The van der Waals surface area contributed by atoms with Crippen LogP contribution < -0.4 is 4.90 Å². The maximum Gasteiger partial charge on any atom is 0.0462 e. The number of fused-ring (bicyclic) bond motifs is 7. The summed E-state index contributed by atoms with van der Waals surface area (Å²) in [7, 11) is 0. The molecule has 2 aromatic heterocycles.